The van der Waals surface area contributed by atoms with Crippen LogP contribution >= 0.6 is 0 Å². The summed E-state index contributed by atoms with van der Waals surface area (Å²) in [5.41, 5.74) is 2.79. The predicted molar refractivity (Wildman–Crippen MR) is 113 cm³/mol. The standard InChI is InChI=1S/C22H31N5O2/c1-25(2)20(28)14-23-22(26-11-12-27(19-9-10-19)21(29)15-26)24-18-8-7-16-5-3-4-6-17(16)13-18/h3-6,18-19H,7-15H2,1-2H3,(H,23,24). The molecule has 1 aromatic carbocycles. The summed E-state index contributed by atoms with van der Waals surface area (Å²) in [6.45, 7) is 1.92. The fourth-order valence-electron chi connectivity index (χ4n) is 4.16. The number of fused-ring (bicyclic) bond motifs is 1. The number of amides is 2. The van der Waals surface area contributed by atoms with E-state index >= 15 is 0 Å². The van der Waals surface area contributed by atoms with E-state index in [0.29, 0.717) is 18.5 Å². The Labute approximate surface area is 172 Å². The van der Waals surface area contributed by atoms with Crippen molar-refractivity contribution < 1.29 is 9.59 Å². The number of piperazine rings is 1. The SMILES string of the molecule is CN(C)C(=O)CN=C(NC1CCc2ccccc2C1)N1CCN(C2CC2)C(=O)C1. The summed E-state index contributed by atoms with van der Waals surface area (Å²) in [6.07, 6.45) is 5.25. The van der Waals surface area contributed by atoms with Crippen molar-refractivity contribution in [3.63, 3.8) is 0 Å². The molecule has 1 N–H and O–H groups in total. The van der Waals surface area contributed by atoms with Crippen LogP contribution in [0.5, 0.6) is 0 Å². The first-order chi connectivity index (χ1) is 14.0. The number of nitrogens with one attached hydrogen (secondary N) is 1. The van der Waals surface area contributed by atoms with E-state index < -0.39 is 0 Å². The van der Waals surface area contributed by atoms with Crippen LogP contribution in [-0.2, 0) is 22.4 Å². The first kappa shape index (κ1) is 19.7. The van der Waals surface area contributed by atoms with Gasteiger partial charge in [0.15, 0.2) is 5.96 Å². The highest BCUT2D eigenvalue weighted by atomic mass is 16.2. The van der Waals surface area contributed by atoms with Gasteiger partial charge in [-0.05, 0) is 43.2 Å². The van der Waals surface area contributed by atoms with E-state index in [1.165, 1.54) is 11.1 Å². The highest BCUT2D eigenvalue weighted by Crippen LogP contribution is 2.28. The molecule has 1 heterocycles. The molecule has 1 aliphatic heterocycles. The summed E-state index contributed by atoms with van der Waals surface area (Å²) >= 11 is 0. The lowest BCUT2D eigenvalue weighted by molar-refractivity contribution is -0.135. The Morgan fingerprint density at radius 3 is 2.62 bits per heavy atom. The molecule has 2 amide bonds. The van der Waals surface area contributed by atoms with Gasteiger partial charge in [0, 0.05) is 39.3 Å². The Morgan fingerprint density at radius 1 is 1.17 bits per heavy atom. The van der Waals surface area contributed by atoms with Gasteiger partial charge in [-0.25, -0.2) is 4.99 Å². The lowest BCUT2D eigenvalue weighted by Crippen LogP contribution is -2.57. The predicted octanol–water partition coefficient (Wildman–Crippen LogP) is 0.884. The Bertz CT molecular complexity index is 802. The minimum Gasteiger partial charge on any atom is -0.353 e. The van der Waals surface area contributed by atoms with Crippen LogP contribution in [0.15, 0.2) is 29.3 Å². The van der Waals surface area contributed by atoms with Crippen molar-refractivity contribution in [2.45, 2.75) is 44.2 Å². The number of guanidine groups is 1. The van der Waals surface area contributed by atoms with Gasteiger partial charge in [0.1, 0.15) is 6.54 Å². The molecule has 156 valence electrons. The maximum absolute atomic E-state index is 12.6. The lowest BCUT2D eigenvalue weighted by atomic mass is 9.88. The molecular formula is C22H31N5O2. The van der Waals surface area contributed by atoms with Crippen molar-refractivity contribution >= 4 is 17.8 Å². The molecule has 2 aliphatic carbocycles. The number of likely N-dealkylation sites (N-methyl/N-ethyl adjacent to an activating group) is 1. The van der Waals surface area contributed by atoms with E-state index in [2.05, 4.69) is 34.6 Å². The molecule has 2 fully saturated rings. The quantitative estimate of drug-likeness (QED) is 0.605. The molecule has 0 aromatic heterocycles. The maximum atomic E-state index is 12.6. The maximum Gasteiger partial charge on any atom is 0.243 e. The Morgan fingerprint density at radius 2 is 1.93 bits per heavy atom. The average Bonchev–Trinajstić information content (AvgIpc) is 3.55. The number of aliphatic imine (C=N–C) groups is 1. The lowest BCUT2D eigenvalue weighted by Gasteiger charge is -2.38. The highest BCUT2D eigenvalue weighted by molar-refractivity contribution is 5.89. The molecule has 29 heavy (non-hydrogen) atoms. The number of hydrogen-bond acceptors (Lipinski definition) is 3. The molecule has 1 atom stereocenters. The Balaban J connectivity index is 1.46. The smallest absolute Gasteiger partial charge is 0.243 e. The van der Waals surface area contributed by atoms with Crippen LogP contribution < -0.4 is 5.32 Å². The molecule has 0 spiro atoms. The normalized spacial score (nSPS) is 22.3. The van der Waals surface area contributed by atoms with Crippen LogP contribution in [0.25, 0.3) is 0 Å². The second-order valence-corrected chi connectivity index (χ2v) is 8.52. The zero-order chi connectivity index (χ0) is 20.4. The summed E-state index contributed by atoms with van der Waals surface area (Å²) in [6, 6.07) is 9.27. The van der Waals surface area contributed by atoms with Gasteiger partial charge in [0.2, 0.25) is 11.8 Å². The van der Waals surface area contributed by atoms with Crippen molar-refractivity contribution in [2.24, 2.45) is 4.99 Å². The molecule has 0 radical (unpaired) electrons. The summed E-state index contributed by atoms with van der Waals surface area (Å²) < 4.78 is 0. The van der Waals surface area contributed by atoms with Crippen LogP contribution in [0, 0.1) is 0 Å². The van der Waals surface area contributed by atoms with E-state index in [1.807, 2.05) is 9.80 Å². The minimum atomic E-state index is -0.0405. The molecule has 0 bridgehead atoms. The van der Waals surface area contributed by atoms with Gasteiger partial charge < -0.3 is 20.0 Å². The monoisotopic (exact) mass is 397 g/mol. The number of benzene rings is 1. The van der Waals surface area contributed by atoms with Crippen molar-refractivity contribution in [2.75, 3.05) is 40.3 Å². The average molecular weight is 398 g/mol. The summed E-state index contributed by atoms with van der Waals surface area (Å²) in [7, 11) is 3.47. The summed E-state index contributed by atoms with van der Waals surface area (Å²) in [5, 5.41) is 3.58. The molecule has 3 aliphatic rings. The van der Waals surface area contributed by atoms with Gasteiger partial charge >= 0.3 is 0 Å². The van der Waals surface area contributed by atoms with Crippen molar-refractivity contribution in [3.05, 3.63) is 35.4 Å². The number of carbonyl (C=O) groups excluding carboxylic acids is 2. The number of hydrogen-bond donors (Lipinski definition) is 1. The second-order valence-electron chi connectivity index (χ2n) is 8.52. The molecule has 1 saturated carbocycles. The van der Waals surface area contributed by atoms with Crippen molar-refractivity contribution in [1.29, 1.82) is 0 Å². The Kier molecular flexibility index (Phi) is 5.74. The van der Waals surface area contributed by atoms with E-state index in [-0.39, 0.29) is 24.4 Å². The van der Waals surface area contributed by atoms with Gasteiger partial charge in [0.05, 0.1) is 6.54 Å². The van der Waals surface area contributed by atoms with E-state index in [9.17, 15) is 9.59 Å². The summed E-state index contributed by atoms with van der Waals surface area (Å²) in [4.78, 5) is 34.9. The highest BCUT2D eigenvalue weighted by Gasteiger charge is 2.36. The summed E-state index contributed by atoms with van der Waals surface area (Å²) in [5.74, 6) is 0.816. The molecule has 1 aromatic rings. The number of nitrogens with zero attached hydrogens (tertiary/aromatic N) is 4. The first-order valence-electron chi connectivity index (χ1n) is 10.6. The van der Waals surface area contributed by atoms with Gasteiger partial charge in [-0.2, -0.15) is 0 Å². The van der Waals surface area contributed by atoms with Gasteiger partial charge in [-0.1, -0.05) is 24.3 Å². The second kappa shape index (κ2) is 8.43. The molecular weight excluding hydrogens is 366 g/mol. The van der Waals surface area contributed by atoms with E-state index in [4.69, 9.17) is 0 Å². The Hall–Kier alpha value is -2.57. The molecule has 4 rings (SSSR count). The van der Waals surface area contributed by atoms with Crippen LogP contribution in [0.2, 0.25) is 0 Å². The first-order valence-corrected chi connectivity index (χ1v) is 10.6. The third-order valence-corrected chi connectivity index (χ3v) is 6.09. The zero-order valence-electron chi connectivity index (χ0n) is 17.4. The molecule has 7 heteroatoms. The topological polar surface area (TPSA) is 68.2 Å². The minimum absolute atomic E-state index is 0.0405. The van der Waals surface area contributed by atoms with E-state index in [0.717, 1.165) is 45.2 Å². The van der Waals surface area contributed by atoms with Crippen LogP contribution in [0.3, 0.4) is 0 Å². The van der Waals surface area contributed by atoms with Gasteiger partial charge in [-0.3, -0.25) is 9.59 Å². The third kappa shape index (κ3) is 4.71. The van der Waals surface area contributed by atoms with Gasteiger partial charge in [-0.15, -0.1) is 0 Å². The zero-order valence-corrected chi connectivity index (χ0v) is 17.4. The fraction of sp³-hybridized carbons (Fsp3) is 0.591. The number of aryl methyl sites for hydroxylation is 1. The number of carbonyl (C=O) groups is 2. The van der Waals surface area contributed by atoms with Crippen molar-refractivity contribution in [3.8, 4) is 0 Å². The van der Waals surface area contributed by atoms with Crippen LogP contribution in [0.1, 0.15) is 30.4 Å². The molecule has 1 saturated heterocycles. The van der Waals surface area contributed by atoms with Gasteiger partial charge in [0.25, 0.3) is 0 Å². The fourth-order valence-corrected chi connectivity index (χ4v) is 4.16. The van der Waals surface area contributed by atoms with E-state index in [1.54, 1.807) is 19.0 Å². The third-order valence-electron chi connectivity index (χ3n) is 6.09. The molecule has 1 unspecified atom stereocenters. The number of rotatable bonds is 4. The van der Waals surface area contributed by atoms with Crippen molar-refractivity contribution in [1.82, 2.24) is 20.0 Å². The molecule has 7 nitrogen and oxygen atoms in total. The van der Waals surface area contributed by atoms with Crippen LogP contribution in [0.4, 0.5) is 0 Å². The largest absolute Gasteiger partial charge is 0.353 e. The van der Waals surface area contributed by atoms with Crippen LogP contribution in [-0.4, -0.2) is 84.8 Å².